The fourth-order valence-electron chi connectivity index (χ4n) is 2.67. The normalized spacial score (nSPS) is 14.0. The molecule has 0 fully saturated rings. The summed E-state index contributed by atoms with van der Waals surface area (Å²) in [6.07, 6.45) is 0.650. The Balaban J connectivity index is 2.69. The van der Waals surface area contributed by atoms with Crippen LogP contribution in [0.3, 0.4) is 0 Å². The van der Waals surface area contributed by atoms with Crippen molar-refractivity contribution in [3.8, 4) is 0 Å². The molecular weight excluding hydrogens is 388 g/mol. The molecule has 0 bridgehead atoms. The van der Waals surface area contributed by atoms with E-state index in [1.54, 1.807) is 6.92 Å². The molecule has 1 aromatic rings. The molecule has 0 heterocycles. The molecule has 0 aliphatic carbocycles. The monoisotopic (exact) mass is 424 g/mol. The summed E-state index contributed by atoms with van der Waals surface area (Å²) in [5.74, 6) is 0. The molecule has 1 aromatic carbocycles. The molecular formula is C22H36N2O6. The molecule has 0 saturated heterocycles. The van der Waals surface area contributed by atoms with Crippen molar-refractivity contribution in [2.75, 3.05) is 40.1 Å². The van der Waals surface area contributed by atoms with E-state index in [2.05, 4.69) is 5.32 Å². The van der Waals surface area contributed by atoms with Crippen LogP contribution in [0.5, 0.6) is 0 Å². The Morgan fingerprint density at radius 2 is 1.83 bits per heavy atom. The molecule has 0 saturated carbocycles. The van der Waals surface area contributed by atoms with Crippen molar-refractivity contribution in [3.63, 3.8) is 0 Å². The minimum absolute atomic E-state index is 0.140. The smallest absolute Gasteiger partial charge is 0.408 e. The first-order valence-corrected chi connectivity index (χ1v) is 10.3. The molecule has 170 valence electrons. The minimum atomic E-state index is -0.949. The number of carbonyl (C=O) groups excluding carboxylic acids is 1. The predicted octanol–water partition coefficient (Wildman–Crippen LogP) is 2.92. The number of rotatable bonds is 16. The zero-order chi connectivity index (χ0) is 22.2. The number of nitrogens with one attached hydrogen (secondary N) is 2. The van der Waals surface area contributed by atoms with Crippen molar-refractivity contribution in [1.29, 1.82) is 5.41 Å². The molecule has 0 aliphatic heterocycles. The van der Waals surface area contributed by atoms with E-state index in [1.807, 2.05) is 37.3 Å². The van der Waals surface area contributed by atoms with Gasteiger partial charge in [-0.1, -0.05) is 37.3 Å². The van der Waals surface area contributed by atoms with Crippen LogP contribution in [0, 0.1) is 5.41 Å². The Labute approximate surface area is 179 Å². The minimum Gasteiger partial charge on any atom is -0.445 e. The van der Waals surface area contributed by atoms with Crippen LogP contribution in [0.25, 0.3) is 0 Å². The van der Waals surface area contributed by atoms with Crippen LogP contribution in [-0.4, -0.2) is 68.7 Å². The standard InChI is InChI=1S/C22H36N2O6/c1-4-20(25)11-13-29-17-22(15-27-3,16-28-12-10-18(2)23)24-21(26)30-14-19-8-6-5-7-9-19/h5-9,20,23,25H,4,10-17H2,1-3H3,(H,24,26). The summed E-state index contributed by atoms with van der Waals surface area (Å²) >= 11 is 0. The third-order valence-corrected chi connectivity index (χ3v) is 4.45. The Bertz CT molecular complexity index is 613. The number of aliphatic hydroxyl groups is 1. The molecule has 8 nitrogen and oxygen atoms in total. The number of carbonyl (C=O) groups is 1. The van der Waals surface area contributed by atoms with Gasteiger partial charge in [-0.3, -0.25) is 0 Å². The number of ether oxygens (including phenoxy) is 4. The lowest BCUT2D eigenvalue weighted by atomic mass is 10.0. The highest BCUT2D eigenvalue weighted by molar-refractivity contribution is 5.78. The van der Waals surface area contributed by atoms with E-state index >= 15 is 0 Å². The predicted molar refractivity (Wildman–Crippen MR) is 115 cm³/mol. The average molecular weight is 425 g/mol. The molecule has 0 spiro atoms. The number of hydrogen-bond acceptors (Lipinski definition) is 7. The van der Waals surface area contributed by atoms with Crippen molar-refractivity contribution < 1.29 is 28.8 Å². The Morgan fingerprint density at radius 1 is 1.17 bits per heavy atom. The zero-order valence-corrected chi connectivity index (χ0v) is 18.3. The van der Waals surface area contributed by atoms with Gasteiger partial charge in [0.1, 0.15) is 12.1 Å². The first kappa shape index (κ1) is 26.0. The number of alkyl carbamates (subject to hydrolysis) is 1. The van der Waals surface area contributed by atoms with Crippen LogP contribution in [0.1, 0.15) is 38.7 Å². The molecule has 1 rings (SSSR count). The summed E-state index contributed by atoms with van der Waals surface area (Å²) in [7, 11) is 1.54. The SMILES string of the molecule is CCC(O)CCOCC(COC)(COCCC(C)=N)NC(=O)OCc1ccccc1. The topological polar surface area (TPSA) is 110 Å². The van der Waals surface area contributed by atoms with Gasteiger partial charge in [0.05, 0.1) is 32.5 Å². The van der Waals surface area contributed by atoms with Crippen molar-refractivity contribution >= 4 is 11.8 Å². The number of benzene rings is 1. The third kappa shape index (κ3) is 11.3. The average Bonchev–Trinajstić information content (AvgIpc) is 2.73. The summed E-state index contributed by atoms with van der Waals surface area (Å²) in [6.45, 7) is 4.92. The van der Waals surface area contributed by atoms with Crippen LogP contribution in [0.4, 0.5) is 4.79 Å². The second-order valence-electron chi connectivity index (χ2n) is 7.39. The van der Waals surface area contributed by atoms with Gasteiger partial charge in [0.25, 0.3) is 0 Å². The Morgan fingerprint density at radius 3 is 2.43 bits per heavy atom. The number of hydrogen-bond donors (Lipinski definition) is 3. The molecule has 8 heteroatoms. The van der Waals surface area contributed by atoms with E-state index in [0.717, 1.165) is 5.56 Å². The first-order chi connectivity index (χ1) is 14.4. The molecule has 0 aromatic heterocycles. The molecule has 30 heavy (non-hydrogen) atoms. The second-order valence-corrected chi connectivity index (χ2v) is 7.39. The third-order valence-electron chi connectivity index (χ3n) is 4.45. The molecule has 0 radical (unpaired) electrons. The molecule has 1 amide bonds. The maximum Gasteiger partial charge on any atom is 0.408 e. The van der Waals surface area contributed by atoms with Gasteiger partial charge in [0.15, 0.2) is 0 Å². The lowest BCUT2D eigenvalue weighted by Crippen LogP contribution is -2.58. The maximum absolute atomic E-state index is 12.5. The van der Waals surface area contributed by atoms with Crippen LogP contribution < -0.4 is 5.32 Å². The second kappa shape index (κ2) is 14.9. The van der Waals surface area contributed by atoms with E-state index in [4.69, 9.17) is 24.4 Å². The Kier molecular flexibility index (Phi) is 12.9. The first-order valence-electron chi connectivity index (χ1n) is 10.3. The van der Waals surface area contributed by atoms with Crippen molar-refractivity contribution in [1.82, 2.24) is 5.32 Å². The molecule has 3 N–H and O–H groups in total. The van der Waals surface area contributed by atoms with E-state index in [-0.39, 0.29) is 26.4 Å². The fourth-order valence-corrected chi connectivity index (χ4v) is 2.67. The summed E-state index contributed by atoms with van der Waals surface area (Å²) in [4.78, 5) is 12.5. The van der Waals surface area contributed by atoms with Crippen molar-refractivity contribution in [2.24, 2.45) is 0 Å². The van der Waals surface area contributed by atoms with Gasteiger partial charge in [-0.25, -0.2) is 4.79 Å². The zero-order valence-electron chi connectivity index (χ0n) is 18.3. The lowest BCUT2D eigenvalue weighted by Gasteiger charge is -2.33. The van der Waals surface area contributed by atoms with Crippen LogP contribution in [0.15, 0.2) is 30.3 Å². The van der Waals surface area contributed by atoms with Crippen LogP contribution in [0.2, 0.25) is 0 Å². The fraction of sp³-hybridized carbons (Fsp3) is 0.636. The van der Waals surface area contributed by atoms with Gasteiger partial charge in [0, 0.05) is 25.8 Å². The van der Waals surface area contributed by atoms with Crippen LogP contribution >= 0.6 is 0 Å². The van der Waals surface area contributed by atoms with E-state index in [0.29, 0.717) is 38.2 Å². The molecule has 2 unspecified atom stereocenters. The molecule has 0 aliphatic rings. The van der Waals surface area contributed by atoms with E-state index in [1.165, 1.54) is 7.11 Å². The van der Waals surface area contributed by atoms with Gasteiger partial charge >= 0.3 is 6.09 Å². The largest absolute Gasteiger partial charge is 0.445 e. The van der Waals surface area contributed by atoms with E-state index < -0.39 is 17.7 Å². The number of amides is 1. The van der Waals surface area contributed by atoms with Gasteiger partial charge < -0.3 is 34.8 Å². The number of aliphatic hydroxyl groups excluding tert-OH is 1. The van der Waals surface area contributed by atoms with Gasteiger partial charge in [-0.15, -0.1) is 0 Å². The summed E-state index contributed by atoms with van der Waals surface area (Å²) in [6, 6.07) is 9.40. The summed E-state index contributed by atoms with van der Waals surface area (Å²) < 4.78 is 22.1. The summed E-state index contributed by atoms with van der Waals surface area (Å²) in [5.41, 5.74) is 0.454. The number of methoxy groups -OCH3 is 1. The van der Waals surface area contributed by atoms with E-state index in [9.17, 15) is 9.90 Å². The quantitative estimate of drug-likeness (QED) is 0.278. The van der Waals surface area contributed by atoms with Crippen LogP contribution in [-0.2, 0) is 25.6 Å². The maximum atomic E-state index is 12.5. The Hall–Kier alpha value is -2.00. The van der Waals surface area contributed by atoms with Gasteiger partial charge in [-0.05, 0) is 25.3 Å². The van der Waals surface area contributed by atoms with Crippen molar-refractivity contribution in [3.05, 3.63) is 35.9 Å². The van der Waals surface area contributed by atoms with Gasteiger partial charge in [-0.2, -0.15) is 0 Å². The highest BCUT2D eigenvalue weighted by atomic mass is 16.6. The van der Waals surface area contributed by atoms with Gasteiger partial charge in [0.2, 0.25) is 0 Å². The summed E-state index contributed by atoms with van der Waals surface area (Å²) in [5, 5.41) is 20.1. The highest BCUT2D eigenvalue weighted by Gasteiger charge is 2.34. The van der Waals surface area contributed by atoms with Crippen molar-refractivity contribution in [2.45, 2.75) is 51.4 Å². The molecule has 2 atom stereocenters. The highest BCUT2D eigenvalue weighted by Crippen LogP contribution is 2.11. The lowest BCUT2D eigenvalue weighted by molar-refractivity contribution is -0.0335.